The van der Waals surface area contributed by atoms with Gasteiger partial charge in [-0.2, -0.15) is 13.2 Å². The lowest BCUT2D eigenvalue weighted by atomic mass is 9.88. The summed E-state index contributed by atoms with van der Waals surface area (Å²) < 4.78 is 48.4. The molecule has 2 fully saturated rings. The van der Waals surface area contributed by atoms with Crippen LogP contribution in [-0.2, 0) is 11.3 Å². The fourth-order valence-corrected chi connectivity index (χ4v) is 4.30. The van der Waals surface area contributed by atoms with E-state index in [2.05, 4.69) is 20.5 Å². The number of aryl methyl sites for hydroxylation is 1. The molecular weight excluding hydrogens is 409 g/mol. The summed E-state index contributed by atoms with van der Waals surface area (Å²) in [5.41, 5.74) is 1.55. The average molecular weight is 443 g/mol. The van der Waals surface area contributed by atoms with E-state index in [-0.39, 0.29) is 11.3 Å². The maximum atomic E-state index is 12.6. The summed E-state index contributed by atoms with van der Waals surface area (Å²) in [6, 6.07) is 5.27. The fourth-order valence-electron chi connectivity index (χ4n) is 4.30. The lowest BCUT2D eigenvalue weighted by molar-refractivity contribution is -0.153. The van der Waals surface area contributed by atoms with Crippen molar-refractivity contribution >= 4 is 5.96 Å². The number of aliphatic imine (C=N–C) groups is 1. The Bertz CT molecular complexity index is 743. The highest BCUT2D eigenvalue weighted by Gasteiger charge is 2.39. The zero-order valence-electron chi connectivity index (χ0n) is 18.4. The van der Waals surface area contributed by atoms with Gasteiger partial charge in [0.15, 0.2) is 12.6 Å². The number of nitrogens with one attached hydrogen (secondary N) is 2. The first kappa shape index (κ1) is 23.7. The number of ether oxygens (including phenoxy) is 2. The van der Waals surface area contributed by atoms with E-state index in [9.17, 15) is 13.2 Å². The standard InChI is InChI=1S/C22H33F3N4O2/c1-17-5-6-18(19(13-17)31-16-22(23,24)25)14-27-20(26-2)28-15-21(7-11-30-12-8-21)29-9-3-4-10-29/h5-6,13H,3-4,7-12,14-16H2,1-2H3,(H2,26,27,28). The highest BCUT2D eigenvalue weighted by Crippen LogP contribution is 2.31. The van der Waals surface area contributed by atoms with Crippen molar-refractivity contribution in [2.75, 3.05) is 46.5 Å². The van der Waals surface area contributed by atoms with Crippen LogP contribution in [0.1, 0.15) is 36.8 Å². The van der Waals surface area contributed by atoms with Crippen LogP contribution in [0.15, 0.2) is 23.2 Å². The predicted octanol–water partition coefficient (Wildman–Crippen LogP) is 3.25. The molecule has 6 nitrogen and oxygen atoms in total. The first-order valence-corrected chi connectivity index (χ1v) is 10.9. The Hall–Kier alpha value is -2.00. The first-order chi connectivity index (χ1) is 14.8. The van der Waals surface area contributed by atoms with Gasteiger partial charge in [0.1, 0.15) is 5.75 Å². The largest absolute Gasteiger partial charge is 0.484 e. The van der Waals surface area contributed by atoms with Crippen LogP contribution in [0.3, 0.4) is 0 Å². The van der Waals surface area contributed by atoms with Gasteiger partial charge < -0.3 is 20.1 Å². The second kappa shape index (κ2) is 10.5. The average Bonchev–Trinajstić information content (AvgIpc) is 3.29. The Kier molecular flexibility index (Phi) is 8.05. The monoisotopic (exact) mass is 442 g/mol. The number of benzene rings is 1. The van der Waals surface area contributed by atoms with E-state index in [4.69, 9.17) is 9.47 Å². The molecule has 0 amide bonds. The number of halogens is 3. The number of hydrogen-bond acceptors (Lipinski definition) is 4. The summed E-state index contributed by atoms with van der Waals surface area (Å²) in [4.78, 5) is 6.87. The summed E-state index contributed by atoms with van der Waals surface area (Å²) in [5.74, 6) is 0.852. The van der Waals surface area contributed by atoms with E-state index in [1.54, 1.807) is 19.2 Å². The quantitative estimate of drug-likeness (QED) is 0.502. The number of hydrogen-bond donors (Lipinski definition) is 2. The van der Waals surface area contributed by atoms with E-state index < -0.39 is 12.8 Å². The van der Waals surface area contributed by atoms with Gasteiger partial charge in [0, 0.05) is 44.5 Å². The van der Waals surface area contributed by atoms with Gasteiger partial charge in [-0.05, 0) is 57.3 Å². The van der Waals surface area contributed by atoms with Crippen molar-refractivity contribution in [1.82, 2.24) is 15.5 Å². The van der Waals surface area contributed by atoms with Gasteiger partial charge in [0.25, 0.3) is 0 Å². The number of likely N-dealkylation sites (tertiary alicyclic amines) is 1. The van der Waals surface area contributed by atoms with Gasteiger partial charge >= 0.3 is 6.18 Å². The van der Waals surface area contributed by atoms with Crippen LogP contribution in [0.2, 0.25) is 0 Å². The summed E-state index contributed by atoms with van der Waals surface area (Å²) in [6.45, 7) is 5.31. The molecule has 2 N–H and O–H groups in total. The van der Waals surface area contributed by atoms with Gasteiger partial charge in [0.05, 0.1) is 0 Å². The van der Waals surface area contributed by atoms with Crippen molar-refractivity contribution < 1.29 is 22.6 Å². The van der Waals surface area contributed by atoms with Gasteiger partial charge in [-0.3, -0.25) is 9.89 Å². The molecule has 0 unspecified atom stereocenters. The number of nitrogens with zero attached hydrogens (tertiary/aromatic N) is 2. The van der Waals surface area contributed by atoms with Crippen LogP contribution >= 0.6 is 0 Å². The van der Waals surface area contributed by atoms with Crippen molar-refractivity contribution in [2.24, 2.45) is 4.99 Å². The molecule has 0 aliphatic carbocycles. The molecule has 9 heteroatoms. The van der Waals surface area contributed by atoms with Crippen molar-refractivity contribution in [3.05, 3.63) is 29.3 Å². The molecule has 0 spiro atoms. The zero-order chi connectivity index (χ0) is 22.3. The Morgan fingerprint density at radius 2 is 1.90 bits per heavy atom. The highest BCUT2D eigenvalue weighted by molar-refractivity contribution is 5.79. The Balaban J connectivity index is 1.60. The van der Waals surface area contributed by atoms with E-state index in [1.165, 1.54) is 12.8 Å². The maximum absolute atomic E-state index is 12.6. The molecule has 1 aromatic carbocycles. The minimum absolute atomic E-state index is 0.0528. The first-order valence-electron chi connectivity index (χ1n) is 10.9. The Morgan fingerprint density at radius 3 is 2.55 bits per heavy atom. The smallest absolute Gasteiger partial charge is 0.422 e. The molecular formula is C22H33F3N4O2. The molecule has 3 rings (SSSR count). The van der Waals surface area contributed by atoms with Crippen LogP contribution in [0, 0.1) is 6.92 Å². The highest BCUT2D eigenvalue weighted by atomic mass is 19.4. The third-order valence-electron chi connectivity index (χ3n) is 6.07. The van der Waals surface area contributed by atoms with E-state index in [1.807, 2.05) is 13.0 Å². The molecule has 2 saturated heterocycles. The number of rotatable bonds is 7. The molecule has 0 bridgehead atoms. The molecule has 174 valence electrons. The molecule has 1 aromatic rings. The summed E-state index contributed by atoms with van der Waals surface area (Å²) >= 11 is 0. The molecule has 2 aliphatic rings. The second-order valence-electron chi connectivity index (χ2n) is 8.33. The summed E-state index contributed by atoms with van der Waals surface area (Å²) in [6.07, 6.45) is 0.0296. The van der Waals surface area contributed by atoms with Crippen LogP contribution < -0.4 is 15.4 Å². The van der Waals surface area contributed by atoms with Crippen LogP contribution in [0.25, 0.3) is 0 Å². The molecule has 0 saturated carbocycles. The second-order valence-corrected chi connectivity index (χ2v) is 8.33. The number of alkyl halides is 3. The van der Waals surface area contributed by atoms with Crippen molar-refractivity contribution in [1.29, 1.82) is 0 Å². The minimum atomic E-state index is -4.38. The van der Waals surface area contributed by atoms with Crippen LogP contribution in [0.5, 0.6) is 5.75 Å². The lowest BCUT2D eigenvalue weighted by Gasteiger charge is -2.45. The molecule has 0 atom stereocenters. The number of guanidine groups is 1. The molecule has 31 heavy (non-hydrogen) atoms. The molecule has 2 aliphatic heterocycles. The van der Waals surface area contributed by atoms with Crippen molar-refractivity contribution in [3.63, 3.8) is 0 Å². The fraction of sp³-hybridized carbons (Fsp3) is 0.682. The van der Waals surface area contributed by atoms with Crippen LogP contribution in [-0.4, -0.2) is 69.1 Å². The topological polar surface area (TPSA) is 58.1 Å². The Morgan fingerprint density at radius 1 is 1.19 bits per heavy atom. The van der Waals surface area contributed by atoms with Crippen molar-refractivity contribution in [3.8, 4) is 5.75 Å². The molecule has 2 heterocycles. The third kappa shape index (κ3) is 6.74. The van der Waals surface area contributed by atoms with E-state index in [0.29, 0.717) is 18.1 Å². The Labute approximate surface area is 182 Å². The predicted molar refractivity (Wildman–Crippen MR) is 115 cm³/mol. The van der Waals surface area contributed by atoms with Gasteiger partial charge in [-0.25, -0.2) is 0 Å². The van der Waals surface area contributed by atoms with E-state index in [0.717, 1.165) is 51.3 Å². The summed E-state index contributed by atoms with van der Waals surface area (Å²) in [7, 11) is 1.69. The summed E-state index contributed by atoms with van der Waals surface area (Å²) in [5, 5.41) is 6.65. The van der Waals surface area contributed by atoms with Gasteiger partial charge in [-0.15, -0.1) is 0 Å². The van der Waals surface area contributed by atoms with Crippen molar-refractivity contribution in [2.45, 2.75) is 50.9 Å². The third-order valence-corrected chi connectivity index (χ3v) is 6.07. The maximum Gasteiger partial charge on any atom is 0.422 e. The molecule has 0 aromatic heterocycles. The molecule has 0 radical (unpaired) electrons. The van der Waals surface area contributed by atoms with Crippen LogP contribution in [0.4, 0.5) is 13.2 Å². The minimum Gasteiger partial charge on any atom is -0.484 e. The normalized spacial score (nSPS) is 20.0. The SMILES string of the molecule is CN=C(NCc1ccc(C)cc1OCC(F)(F)F)NCC1(N2CCCC2)CCOCC1. The van der Waals surface area contributed by atoms with Gasteiger partial charge in [0.2, 0.25) is 0 Å². The van der Waals surface area contributed by atoms with Gasteiger partial charge in [-0.1, -0.05) is 12.1 Å². The lowest BCUT2D eigenvalue weighted by Crippen LogP contribution is -2.58. The van der Waals surface area contributed by atoms with E-state index >= 15 is 0 Å². The zero-order valence-corrected chi connectivity index (χ0v) is 18.4.